The number of anilines is 1. The molecule has 4 rings (SSSR count). The van der Waals surface area contributed by atoms with E-state index in [0.29, 0.717) is 17.7 Å². The molecule has 2 aromatic carbocycles. The van der Waals surface area contributed by atoms with Gasteiger partial charge < -0.3 is 4.90 Å². The van der Waals surface area contributed by atoms with Crippen LogP contribution in [0, 0.1) is 13.8 Å². The van der Waals surface area contributed by atoms with Crippen LogP contribution in [-0.4, -0.2) is 60.9 Å². The van der Waals surface area contributed by atoms with Crippen LogP contribution < -0.4 is 4.90 Å². The van der Waals surface area contributed by atoms with Crippen molar-refractivity contribution in [3.05, 3.63) is 64.7 Å². The van der Waals surface area contributed by atoms with Crippen LogP contribution in [0.1, 0.15) is 44.7 Å². The van der Waals surface area contributed by atoms with Crippen molar-refractivity contribution < 1.29 is 9.59 Å². The third-order valence-corrected chi connectivity index (χ3v) is 6.05. The van der Waals surface area contributed by atoms with E-state index in [9.17, 15) is 9.59 Å². The van der Waals surface area contributed by atoms with Crippen molar-refractivity contribution in [3.63, 3.8) is 0 Å². The minimum absolute atomic E-state index is 0.146. The van der Waals surface area contributed by atoms with E-state index in [2.05, 4.69) is 41.8 Å². The van der Waals surface area contributed by atoms with Gasteiger partial charge in [0.25, 0.3) is 11.8 Å². The highest BCUT2D eigenvalue weighted by atomic mass is 16.2. The smallest absolute Gasteiger partial charge is 0.261 e. The normalized spacial score (nSPS) is 17.2. The number of hydrogen-bond acceptors (Lipinski definition) is 4. The van der Waals surface area contributed by atoms with E-state index in [1.54, 1.807) is 12.1 Å². The van der Waals surface area contributed by atoms with Crippen LogP contribution in [0.25, 0.3) is 0 Å². The zero-order valence-corrected chi connectivity index (χ0v) is 17.4. The zero-order chi connectivity index (χ0) is 20.4. The third-order valence-electron chi connectivity index (χ3n) is 6.05. The highest BCUT2D eigenvalue weighted by Crippen LogP contribution is 2.24. The van der Waals surface area contributed by atoms with Crippen molar-refractivity contribution in [1.82, 2.24) is 9.80 Å². The Balaban J connectivity index is 1.21. The van der Waals surface area contributed by atoms with Gasteiger partial charge in [0.1, 0.15) is 0 Å². The van der Waals surface area contributed by atoms with E-state index < -0.39 is 0 Å². The second-order valence-corrected chi connectivity index (χ2v) is 8.13. The first kappa shape index (κ1) is 19.6. The SMILES string of the molecule is Cc1ccc(N2CCN(CCCCN3C(=O)c4ccccc4C3=O)CC2)c(C)c1. The monoisotopic (exact) mass is 391 g/mol. The second kappa shape index (κ2) is 8.37. The zero-order valence-electron chi connectivity index (χ0n) is 17.4. The van der Waals surface area contributed by atoms with Crippen LogP contribution in [0.2, 0.25) is 0 Å². The molecule has 0 atom stereocenters. The number of imide groups is 1. The summed E-state index contributed by atoms with van der Waals surface area (Å²) in [5.41, 5.74) is 5.09. The maximum absolute atomic E-state index is 12.4. The molecule has 29 heavy (non-hydrogen) atoms. The Morgan fingerprint density at radius 3 is 2.03 bits per heavy atom. The van der Waals surface area contributed by atoms with Crippen LogP contribution in [0.5, 0.6) is 0 Å². The lowest BCUT2D eigenvalue weighted by Gasteiger charge is -2.37. The molecular formula is C24H29N3O2. The van der Waals surface area contributed by atoms with Crippen molar-refractivity contribution in [2.75, 3.05) is 44.2 Å². The van der Waals surface area contributed by atoms with Crippen molar-refractivity contribution in [3.8, 4) is 0 Å². The summed E-state index contributed by atoms with van der Waals surface area (Å²) in [4.78, 5) is 31.2. The maximum atomic E-state index is 12.4. The minimum Gasteiger partial charge on any atom is -0.369 e. The molecule has 0 unspecified atom stereocenters. The molecule has 5 heteroatoms. The topological polar surface area (TPSA) is 43.9 Å². The molecule has 152 valence electrons. The molecule has 2 aliphatic rings. The van der Waals surface area contributed by atoms with Crippen molar-refractivity contribution >= 4 is 17.5 Å². The van der Waals surface area contributed by atoms with E-state index in [4.69, 9.17) is 0 Å². The number of amides is 2. The predicted molar refractivity (Wildman–Crippen MR) is 116 cm³/mol. The fourth-order valence-corrected chi connectivity index (χ4v) is 4.42. The molecule has 2 amide bonds. The number of rotatable bonds is 6. The van der Waals surface area contributed by atoms with E-state index in [-0.39, 0.29) is 11.8 Å². The molecule has 1 fully saturated rings. The van der Waals surface area contributed by atoms with E-state index in [1.165, 1.54) is 21.7 Å². The summed E-state index contributed by atoms with van der Waals surface area (Å²) < 4.78 is 0. The fraction of sp³-hybridized carbons (Fsp3) is 0.417. The van der Waals surface area contributed by atoms with Crippen LogP contribution in [0.15, 0.2) is 42.5 Å². The summed E-state index contributed by atoms with van der Waals surface area (Å²) in [5.74, 6) is -0.291. The largest absolute Gasteiger partial charge is 0.369 e. The standard InChI is InChI=1S/C24H29N3O2/c1-18-9-10-22(19(2)17-18)26-15-13-25(14-16-26)11-5-6-12-27-23(28)20-7-3-4-8-21(20)24(27)29/h3-4,7-10,17H,5-6,11-16H2,1-2H3. The first-order valence-corrected chi connectivity index (χ1v) is 10.5. The first-order valence-electron chi connectivity index (χ1n) is 10.5. The third kappa shape index (κ3) is 4.06. The molecule has 0 aliphatic carbocycles. The Morgan fingerprint density at radius 2 is 1.41 bits per heavy atom. The van der Waals surface area contributed by atoms with E-state index >= 15 is 0 Å². The van der Waals surface area contributed by atoms with Crippen LogP contribution >= 0.6 is 0 Å². The van der Waals surface area contributed by atoms with Crippen LogP contribution in [0.4, 0.5) is 5.69 Å². The summed E-state index contributed by atoms with van der Waals surface area (Å²) in [6.07, 6.45) is 1.85. The Morgan fingerprint density at radius 1 is 0.793 bits per heavy atom. The summed E-state index contributed by atoms with van der Waals surface area (Å²) in [7, 11) is 0. The molecule has 0 aromatic heterocycles. The molecule has 1 saturated heterocycles. The molecule has 2 aliphatic heterocycles. The Labute approximate surface area is 172 Å². The number of unbranched alkanes of at least 4 members (excludes halogenated alkanes) is 1. The highest BCUT2D eigenvalue weighted by molar-refractivity contribution is 6.21. The molecule has 0 bridgehead atoms. The van der Waals surface area contributed by atoms with Gasteiger partial charge in [-0.25, -0.2) is 0 Å². The lowest BCUT2D eigenvalue weighted by atomic mass is 10.1. The molecule has 0 N–H and O–H groups in total. The van der Waals surface area contributed by atoms with Gasteiger partial charge in [0.2, 0.25) is 0 Å². The van der Waals surface area contributed by atoms with Gasteiger partial charge in [-0.1, -0.05) is 29.8 Å². The van der Waals surface area contributed by atoms with Crippen molar-refractivity contribution in [2.45, 2.75) is 26.7 Å². The van der Waals surface area contributed by atoms with Crippen LogP contribution in [0.3, 0.4) is 0 Å². The van der Waals surface area contributed by atoms with E-state index in [1.807, 2.05) is 12.1 Å². The maximum Gasteiger partial charge on any atom is 0.261 e. The van der Waals surface area contributed by atoms with Gasteiger partial charge in [-0.2, -0.15) is 0 Å². The predicted octanol–water partition coefficient (Wildman–Crippen LogP) is 3.50. The number of carbonyl (C=O) groups is 2. The van der Waals surface area contributed by atoms with Gasteiger partial charge >= 0.3 is 0 Å². The summed E-state index contributed by atoms with van der Waals surface area (Å²) in [6, 6.07) is 13.8. The Kier molecular flexibility index (Phi) is 5.67. The number of hydrogen-bond donors (Lipinski definition) is 0. The highest BCUT2D eigenvalue weighted by Gasteiger charge is 2.34. The average Bonchev–Trinajstić information content (AvgIpc) is 2.97. The second-order valence-electron chi connectivity index (χ2n) is 8.13. The minimum atomic E-state index is -0.146. The number of benzene rings is 2. The first-order chi connectivity index (χ1) is 14.0. The van der Waals surface area contributed by atoms with E-state index in [0.717, 1.165) is 45.6 Å². The van der Waals surface area contributed by atoms with Crippen molar-refractivity contribution in [1.29, 1.82) is 0 Å². The number of nitrogens with zero attached hydrogens (tertiary/aromatic N) is 3. The number of carbonyl (C=O) groups excluding carboxylic acids is 2. The fourth-order valence-electron chi connectivity index (χ4n) is 4.42. The summed E-state index contributed by atoms with van der Waals surface area (Å²) in [5, 5.41) is 0. The molecule has 0 radical (unpaired) electrons. The van der Waals surface area contributed by atoms with Gasteiger partial charge in [-0.05, 0) is 57.0 Å². The quantitative estimate of drug-likeness (QED) is 0.558. The number of fused-ring (bicyclic) bond motifs is 1. The van der Waals surface area contributed by atoms with Gasteiger partial charge in [0.05, 0.1) is 11.1 Å². The summed E-state index contributed by atoms with van der Waals surface area (Å²) in [6.45, 7) is 10.1. The van der Waals surface area contributed by atoms with Gasteiger partial charge in [0, 0.05) is 38.4 Å². The molecule has 2 aromatic rings. The number of piperazine rings is 1. The molecule has 5 nitrogen and oxygen atoms in total. The van der Waals surface area contributed by atoms with Crippen LogP contribution in [-0.2, 0) is 0 Å². The van der Waals surface area contributed by atoms with Gasteiger partial charge in [-0.3, -0.25) is 19.4 Å². The lowest BCUT2D eigenvalue weighted by molar-refractivity contribution is 0.0650. The summed E-state index contributed by atoms with van der Waals surface area (Å²) >= 11 is 0. The average molecular weight is 392 g/mol. The molecule has 0 spiro atoms. The van der Waals surface area contributed by atoms with Gasteiger partial charge in [-0.15, -0.1) is 0 Å². The van der Waals surface area contributed by atoms with Crippen molar-refractivity contribution in [2.24, 2.45) is 0 Å². The van der Waals surface area contributed by atoms with Gasteiger partial charge in [0.15, 0.2) is 0 Å². The molecule has 2 heterocycles. The Bertz CT molecular complexity index is 881. The molecular weight excluding hydrogens is 362 g/mol. The molecule has 0 saturated carbocycles. The lowest BCUT2D eigenvalue weighted by Crippen LogP contribution is -2.47. The number of aryl methyl sites for hydroxylation is 2. The Hall–Kier alpha value is -2.66.